The Hall–Kier alpha value is -0.940. The second-order valence-corrected chi connectivity index (χ2v) is 7.31. The van der Waals surface area contributed by atoms with E-state index in [1.807, 2.05) is 0 Å². The Balaban J connectivity index is 0.00000156. The fraction of sp³-hybridized carbons (Fsp3) is 0.368. The van der Waals surface area contributed by atoms with Gasteiger partial charge in [0.1, 0.15) is 0 Å². The van der Waals surface area contributed by atoms with Crippen molar-refractivity contribution in [3.63, 3.8) is 0 Å². The summed E-state index contributed by atoms with van der Waals surface area (Å²) in [5.74, 6) is 0. The molecular weight excluding hydrogens is 370 g/mol. The summed E-state index contributed by atoms with van der Waals surface area (Å²) in [6, 6.07) is 10.8. The lowest BCUT2D eigenvalue weighted by Crippen LogP contribution is -2.27. The molecule has 23 heavy (non-hydrogen) atoms. The zero-order valence-corrected chi connectivity index (χ0v) is 15.8. The van der Waals surface area contributed by atoms with Crippen LogP contribution in [0.25, 0.3) is 5.57 Å². The van der Waals surface area contributed by atoms with Gasteiger partial charge in [0.25, 0.3) is 0 Å². The van der Waals surface area contributed by atoms with E-state index in [4.69, 9.17) is 0 Å². The van der Waals surface area contributed by atoms with Crippen molar-refractivity contribution in [3.8, 4) is 0 Å². The zero-order chi connectivity index (χ0) is 15.1. The molecule has 2 heterocycles. The average molecular weight is 392 g/mol. The number of aliphatic hydroxyl groups excluding tert-OH is 1. The van der Waals surface area contributed by atoms with Crippen molar-refractivity contribution in [2.45, 2.75) is 25.4 Å². The molecule has 2 aromatic rings. The van der Waals surface area contributed by atoms with E-state index in [2.05, 4.69) is 47.7 Å². The van der Waals surface area contributed by atoms with Crippen molar-refractivity contribution in [1.29, 1.82) is 0 Å². The first-order chi connectivity index (χ1) is 10.7. The van der Waals surface area contributed by atoms with Gasteiger partial charge >= 0.3 is 0 Å². The van der Waals surface area contributed by atoms with Gasteiger partial charge in [-0.3, -0.25) is 0 Å². The standard InChI is InChI=1S/C19H21NOS.BrH/c1-20-9-6-13(7-10-20)18-15-5-3-2-4-14(15)12-17(21)19-16(18)8-11-22-19;/h2-5,8,11,17,21H,6-7,9-10,12H2,1H3;1H. The summed E-state index contributed by atoms with van der Waals surface area (Å²) in [5, 5.41) is 12.7. The smallest absolute Gasteiger partial charge is 0.0928 e. The average Bonchev–Trinajstić information content (AvgIpc) is 2.96. The molecule has 1 aliphatic heterocycles. The minimum absolute atomic E-state index is 0. The maximum absolute atomic E-state index is 10.6. The lowest BCUT2D eigenvalue weighted by Gasteiger charge is -2.27. The summed E-state index contributed by atoms with van der Waals surface area (Å²) < 4.78 is 0. The second kappa shape index (κ2) is 6.89. The molecule has 0 spiro atoms. The Morgan fingerprint density at radius 1 is 1.09 bits per heavy atom. The molecule has 1 fully saturated rings. The van der Waals surface area contributed by atoms with Gasteiger partial charge in [-0.05, 0) is 53.6 Å². The van der Waals surface area contributed by atoms with Crippen LogP contribution >= 0.6 is 28.3 Å². The normalized spacial score (nSPS) is 21.2. The molecular formula is C19H22BrNOS. The van der Waals surface area contributed by atoms with Gasteiger partial charge in [0, 0.05) is 24.4 Å². The summed E-state index contributed by atoms with van der Waals surface area (Å²) in [6.07, 6.45) is 2.61. The second-order valence-electron chi connectivity index (χ2n) is 6.36. The molecule has 2 nitrogen and oxygen atoms in total. The molecule has 0 amide bonds. The predicted molar refractivity (Wildman–Crippen MR) is 102 cm³/mol. The highest BCUT2D eigenvalue weighted by Gasteiger charge is 2.27. The number of likely N-dealkylation sites (tertiary alicyclic amines) is 1. The van der Waals surface area contributed by atoms with Crippen LogP contribution in [0, 0.1) is 0 Å². The monoisotopic (exact) mass is 391 g/mol. The fourth-order valence-electron chi connectivity index (χ4n) is 3.69. The Labute approximate surface area is 152 Å². The predicted octanol–water partition coefficient (Wildman–Crippen LogP) is 4.44. The summed E-state index contributed by atoms with van der Waals surface area (Å²) in [6.45, 7) is 2.26. The first-order valence-corrected chi connectivity index (χ1v) is 8.86. The summed E-state index contributed by atoms with van der Waals surface area (Å²) in [7, 11) is 2.20. The quantitative estimate of drug-likeness (QED) is 0.717. The Kier molecular flexibility index (Phi) is 5.07. The number of benzene rings is 1. The van der Waals surface area contributed by atoms with Gasteiger partial charge in [0.2, 0.25) is 0 Å². The molecule has 1 aromatic carbocycles. The van der Waals surface area contributed by atoms with Crippen LogP contribution in [0.4, 0.5) is 0 Å². The number of aliphatic hydroxyl groups is 1. The van der Waals surface area contributed by atoms with Gasteiger partial charge < -0.3 is 10.0 Å². The van der Waals surface area contributed by atoms with Crippen LogP contribution in [-0.4, -0.2) is 30.1 Å². The lowest BCUT2D eigenvalue weighted by molar-refractivity contribution is 0.182. The van der Waals surface area contributed by atoms with E-state index in [1.54, 1.807) is 16.9 Å². The van der Waals surface area contributed by atoms with Gasteiger partial charge in [-0.15, -0.1) is 28.3 Å². The summed E-state index contributed by atoms with van der Waals surface area (Å²) >= 11 is 1.69. The van der Waals surface area contributed by atoms with Gasteiger partial charge in [-0.1, -0.05) is 29.8 Å². The minimum Gasteiger partial charge on any atom is -0.387 e. The SMILES string of the molecule is Br.CN1CCC(=C2c3ccccc3CC(O)c3sccc32)CC1. The summed E-state index contributed by atoms with van der Waals surface area (Å²) in [4.78, 5) is 3.54. The first kappa shape index (κ1) is 16.9. The molecule has 1 atom stereocenters. The van der Waals surface area contributed by atoms with Gasteiger partial charge in [0.15, 0.2) is 0 Å². The number of hydrogen-bond donors (Lipinski definition) is 1. The molecule has 4 rings (SSSR count). The molecule has 122 valence electrons. The van der Waals surface area contributed by atoms with E-state index in [1.165, 1.54) is 22.3 Å². The van der Waals surface area contributed by atoms with E-state index in [-0.39, 0.29) is 23.1 Å². The molecule has 1 N–H and O–H groups in total. The number of thiophene rings is 1. The maximum atomic E-state index is 10.6. The van der Waals surface area contributed by atoms with E-state index in [0.717, 1.165) is 37.2 Å². The molecule has 1 aromatic heterocycles. The fourth-order valence-corrected chi connectivity index (χ4v) is 4.58. The van der Waals surface area contributed by atoms with E-state index in [0.29, 0.717) is 0 Å². The highest BCUT2D eigenvalue weighted by atomic mass is 79.9. The van der Waals surface area contributed by atoms with Crippen LogP contribution in [0.1, 0.15) is 40.5 Å². The van der Waals surface area contributed by atoms with Crippen molar-refractivity contribution in [3.05, 3.63) is 62.9 Å². The molecule has 0 radical (unpaired) electrons. The largest absolute Gasteiger partial charge is 0.387 e. The topological polar surface area (TPSA) is 23.5 Å². The van der Waals surface area contributed by atoms with E-state index < -0.39 is 0 Å². The number of nitrogens with zero attached hydrogens (tertiary/aromatic N) is 1. The van der Waals surface area contributed by atoms with Crippen molar-refractivity contribution >= 4 is 33.9 Å². The van der Waals surface area contributed by atoms with Crippen molar-refractivity contribution in [2.24, 2.45) is 0 Å². The highest BCUT2D eigenvalue weighted by molar-refractivity contribution is 8.93. The van der Waals surface area contributed by atoms with Crippen LogP contribution < -0.4 is 0 Å². The number of piperidine rings is 1. The zero-order valence-electron chi connectivity index (χ0n) is 13.3. The highest BCUT2D eigenvalue weighted by Crippen LogP contribution is 2.43. The van der Waals surface area contributed by atoms with Gasteiger partial charge in [0.05, 0.1) is 6.10 Å². The van der Waals surface area contributed by atoms with Crippen LogP contribution in [-0.2, 0) is 6.42 Å². The minimum atomic E-state index is -0.375. The number of hydrogen-bond acceptors (Lipinski definition) is 3. The number of rotatable bonds is 0. The third-order valence-corrected chi connectivity index (χ3v) is 5.93. The Morgan fingerprint density at radius 3 is 2.61 bits per heavy atom. The molecule has 0 saturated carbocycles. The van der Waals surface area contributed by atoms with E-state index in [9.17, 15) is 5.11 Å². The van der Waals surface area contributed by atoms with Gasteiger partial charge in [-0.25, -0.2) is 0 Å². The van der Waals surface area contributed by atoms with Crippen molar-refractivity contribution < 1.29 is 5.11 Å². The van der Waals surface area contributed by atoms with Crippen molar-refractivity contribution in [2.75, 3.05) is 20.1 Å². The van der Waals surface area contributed by atoms with Crippen LogP contribution in [0.3, 0.4) is 0 Å². The van der Waals surface area contributed by atoms with Gasteiger partial charge in [-0.2, -0.15) is 0 Å². The Bertz CT molecular complexity index is 726. The summed E-state index contributed by atoms with van der Waals surface area (Å²) in [5.41, 5.74) is 6.83. The van der Waals surface area contributed by atoms with Crippen LogP contribution in [0.5, 0.6) is 0 Å². The first-order valence-electron chi connectivity index (χ1n) is 7.98. The van der Waals surface area contributed by atoms with Crippen LogP contribution in [0.15, 0.2) is 41.3 Å². The Morgan fingerprint density at radius 2 is 1.83 bits per heavy atom. The number of halogens is 1. The third kappa shape index (κ3) is 3.05. The maximum Gasteiger partial charge on any atom is 0.0928 e. The molecule has 1 unspecified atom stereocenters. The molecule has 2 aliphatic rings. The van der Waals surface area contributed by atoms with E-state index >= 15 is 0 Å². The number of fused-ring (bicyclic) bond motifs is 2. The van der Waals surface area contributed by atoms with Crippen molar-refractivity contribution in [1.82, 2.24) is 4.90 Å². The lowest BCUT2D eigenvalue weighted by atomic mass is 9.88. The van der Waals surface area contributed by atoms with Crippen LogP contribution in [0.2, 0.25) is 0 Å². The third-order valence-electron chi connectivity index (χ3n) is 4.91. The molecule has 1 saturated heterocycles. The molecule has 4 heteroatoms. The molecule has 1 aliphatic carbocycles. The molecule has 0 bridgehead atoms.